The van der Waals surface area contributed by atoms with E-state index in [1.807, 2.05) is 0 Å². The van der Waals surface area contributed by atoms with Crippen molar-refractivity contribution in [3.63, 3.8) is 0 Å². The van der Waals surface area contributed by atoms with Crippen molar-refractivity contribution in [1.29, 1.82) is 0 Å². The molecular formula is C11H7Cl4N3O2S. The highest BCUT2D eigenvalue weighted by Crippen LogP contribution is 2.35. The van der Waals surface area contributed by atoms with Crippen LogP contribution in [0.15, 0.2) is 29.3 Å². The van der Waals surface area contributed by atoms with Gasteiger partial charge >= 0.3 is 0 Å². The molecule has 0 saturated carbocycles. The van der Waals surface area contributed by atoms with E-state index in [0.29, 0.717) is 0 Å². The summed E-state index contributed by atoms with van der Waals surface area (Å²) in [6, 6.07) is 3.89. The highest BCUT2D eigenvalue weighted by molar-refractivity contribution is 7.92. The minimum atomic E-state index is -3.97. The van der Waals surface area contributed by atoms with Crippen LogP contribution < -0.4 is 10.5 Å². The molecule has 2 aromatic rings. The predicted molar refractivity (Wildman–Crippen MR) is 85.9 cm³/mol. The molecule has 0 atom stereocenters. The minimum absolute atomic E-state index is 0.00989. The van der Waals surface area contributed by atoms with Crippen molar-refractivity contribution < 1.29 is 8.42 Å². The Kier molecular flexibility index (Phi) is 4.75. The molecule has 3 N–H and O–H groups in total. The van der Waals surface area contributed by atoms with E-state index in [2.05, 4.69) is 9.71 Å². The summed E-state index contributed by atoms with van der Waals surface area (Å²) < 4.78 is 26.8. The van der Waals surface area contributed by atoms with Crippen molar-refractivity contribution in [2.75, 3.05) is 10.5 Å². The average molecular weight is 387 g/mol. The number of benzene rings is 1. The SMILES string of the molecule is Nc1ncc(S(=O)(=O)Nc2c(Cl)cc(Cl)cc2Cl)cc1Cl. The van der Waals surface area contributed by atoms with Crippen molar-refractivity contribution >= 4 is 67.9 Å². The molecule has 0 bridgehead atoms. The summed E-state index contributed by atoms with van der Waals surface area (Å²) in [6.45, 7) is 0. The Morgan fingerprint density at radius 1 is 1.00 bits per heavy atom. The summed E-state index contributed by atoms with van der Waals surface area (Å²) >= 11 is 23.4. The van der Waals surface area contributed by atoms with Crippen molar-refractivity contribution in [2.45, 2.75) is 4.90 Å². The van der Waals surface area contributed by atoms with E-state index in [9.17, 15) is 8.42 Å². The minimum Gasteiger partial charge on any atom is -0.382 e. The van der Waals surface area contributed by atoms with E-state index in [0.717, 1.165) is 6.20 Å². The fourth-order valence-corrected chi connectivity index (χ4v) is 3.74. The quantitative estimate of drug-likeness (QED) is 0.832. The maximum atomic E-state index is 12.3. The van der Waals surface area contributed by atoms with Gasteiger partial charge in [-0.2, -0.15) is 0 Å². The Bertz CT molecular complexity index is 788. The second kappa shape index (κ2) is 6.06. The smallest absolute Gasteiger partial charge is 0.263 e. The molecule has 1 heterocycles. The Hall–Kier alpha value is -0.920. The Labute approximate surface area is 141 Å². The maximum absolute atomic E-state index is 12.3. The number of nitrogens with zero attached hydrogens (tertiary/aromatic N) is 1. The molecule has 0 fully saturated rings. The van der Waals surface area contributed by atoms with Gasteiger partial charge in [-0.1, -0.05) is 46.4 Å². The second-order valence-electron chi connectivity index (χ2n) is 3.89. The number of nitrogen functional groups attached to an aromatic ring is 1. The first kappa shape index (κ1) is 16.5. The number of nitrogens with one attached hydrogen (secondary N) is 1. The highest BCUT2D eigenvalue weighted by Gasteiger charge is 2.19. The predicted octanol–water partition coefficient (Wildman–Crippen LogP) is 4.08. The van der Waals surface area contributed by atoms with E-state index >= 15 is 0 Å². The number of hydrogen-bond acceptors (Lipinski definition) is 4. The van der Waals surface area contributed by atoms with Crippen LogP contribution in [0.25, 0.3) is 0 Å². The number of aromatic nitrogens is 1. The highest BCUT2D eigenvalue weighted by atomic mass is 35.5. The first-order chi connectivity index (χ1) is 9.70. The van der Waals surface area contributed by atoms with Crippen molar-refractivity contribution in [3.05, 3.63) is 44.5 Å². The summed E-state index contributed by atoms with van der Waals surface area (Å²) in [5, 5.41) is 0.424. The average Bonchev–Trinajstić information content (AvgIpc) is 2.37. The largest absolute Gasteiger partial charge is 0.382 e. The van der Waals surface area contributed by atoms with Gasteiger partial charge in [-0.3, -0.25) is 4.72 Å². The first-order valence-corrected chi connectivity index (χ1v) is 8.28. The van der Waals surface area contributed by atoms with Crippen LogP contribution in [-0.4, -0.2) is 13.4 Å². The Balaban J connectivity index is 2.44. The molecule has 1 aromatic heterocycles. The van der Waals surface area contributed by atoms with Crippen molar-refractivity contribution in [3.8, 4) is 0 Å². The summed E-state index contributed by atoms with van der Waals surface area (Å²) in [5.74, 6) is 0.0261. The van der Waals surface area contributed by atoms with Crippen LogP contribution in [0.1, 0.15) is 0 Å². The van der Waals surface area contributed by atoms with Crippen molar-refractivity contribution in [2.24, 2.45) is 0 Å². The van der Waals surface area contributed by atoms with Crippen LogP contribution in [0.2, 0.25) is 20.1 Å². The van der Waals surface area contributed by atoms with Gasteiger partial charge in [0, 0.05) is 11.2 Å². The van der Waals surface area contributed by atoms with Gasteiger partial charge in [-0.15, -0.1) is 0 Å². The normalized spacial score (nSPS) is 11.4. The number of sulfonamides is 1. The zero-order chi connectivity index (χ0) is 15.8. The molecule has 2 rings (SSSR count). The first-order valence-electron chi connectivity index (χ1n) is 5.29. The number of rotatable bonds is 3. The van der Waals surface area contributed by atoms with Crippen molar-refractivity contribution in [1.82, 2.24) is 4.98 Å². The number of pyridine rings is 1. The third-order valence-electron chi connectivity index (χ3n) is 2.40. The van der Waals surface area contributed by atoms with Gasteiger partial charge < -0.3 is 5.73 Å². The Morgan fingerprint density at radius 2 is 1.57 bits per heavy atom. The van der Waals surface area contributed by atoms with E-state index in [1.165, 1.54) is 18.2 Å². The molecule has 112 valence electrons. The number of anilines is 2. The lowest BCUT2D eigenvalue weighted by atomic mass is 10.3. The summed E-state index contributed by atoms with van der Waals surface area (Å²) in [6.07, 6.45) is 1.07. The van der Waals surface area contributed by atoms with Crippen LogP contribution >= 0.6 is 46.4 Å². The van der Waals surface area contributed by atoms with Gasteiger partial charge in [0.2, 0.25) is 0 Å². The topological polar surface area (TPSA) is 85.1 Å². The van der Waals surface area contributed by atoms with Gasteiger partial charge in [0.25, 0.3) is 10.0 Å². The van der Waals surface area contributed by atoms with Crippen LogP contribution in [0.5, 0.6) is 0 Å². The second-order valence-corrected chi connectivity index (χ2v) is 7.23. The van der Waals surface area contributed by atoms with Crippen LogP contribution in [0, 0.1) is 0 Å². The Morgan fingerprint density at radius 3 is 2.10 bits per heavy atom. The molecule has 0 radical (unpaired) electrons. The molecule has 0 aliphatic carbocycles. The third-order valence-corrected chi connectivity index (χ3v) is 4.83. The molecule has 1 aromatic carbocycles. The summed E-state index contributed by atoms with van der Waals surface area (Å²) in [4.78, 5) is 3.51. The number of nitrogens with two attached hydrogens (primary N) is 1. The number of hydrogen-bond donors (Lipinski definition) is 2. The molecule has 0 saturated heterocycles. The van der Waals surface area contributed by atoms with Crippen LogP contribution in [0.3, 0.4) is 0 Å². The molecule has 10 heteroatoms. The molecule has 21 heavy (non-hydrogen) atoms. The standard InChI is InChI=1S/C11H7Cl4N3O2S/c12-5-1-7(13)10(8(14)2-5)18-21(19,20)6-3-9(15)11(16)17-4-6/h1-4,18H,(H2,16,17). The molecule has 0 spiro atoms. The molecule has 0 aliphatic heterocycles. The molecule has 5 nitrogen and oxygen atoms in total. The zero-order valence-electron chi connectivity index (χ0n) is 10.1. The van der Waals surface area contributed by atoms with E-state index in [4.69, 9.17) is 52.1 Å². The maximum Gasteiger partial charge on any atom is 0.263 e. The van der Waals surface area contributed by atoms with Gasteiger partial charge in [0.15, 0.2) is 0 Å². The monoisotopic (exact) mass is 385 g/mol. The number of halogens is 4. The molecule has 0 aliphatic rings. The fraction of sp³-hybridized carbons (Fsp3) is 0. The lowest BCUT2D eigenvalue weighted by Crippen LogP contribution is -2.14. The third kappa shape index (κ3) is 3.64. The summed E-state index contributed by atoms with van der Waals surface area (Å²) in [7, 11) is -3.97. The fourth-order valence-electron chi connectivity index (χ4n) is 1.41. The molecule has 0 unspecified atom stereocenters. The lowest BCUT2D eigenvalue weighted by Gasteiger charge is -2.12. The lowest BCUT2D eigenvalue weighted by molar-refractivity contribution is 0.601. The van der Waals surface area contributed by atoms with E-state index in [-0.39, 0.29) is 36.5 Å². The molecular weight excluding hydrogens is 380 g/mol. The van der Waals surface area contributed by atoms with Gasteiger partial charge in [-0.05, 0) is 18.2 Å². The zero-order valence-corrected chi connectivity index (χ0v) is 13.9. The van der Waals surface area contributed by atoms with Crippen LogP contribution in [0.4, 0.5) is 11.5 Å². The van der Waals surface area contributed by atoms with Crippen LogP contribution in [-0.2, 0) is 10.0 Å². The van der Waals surface area contributed by atoms with Gasteiger partial charge in [0.1, 0.15) is 10.7 Å². The van der Waals surface area contributed by atoms with Gasteiger partial charge in [0.05, 0.1) is 20.8 Å². The summed E-state index contributed by atoms with van der Waals surface area (Å²) in [5.41, 5.74) is 5.44. The van der Waals surface area contributed by atoms with E-state index in [1.54, 1.807) is 0 Å². The van der Waals surface area contributed by atoms with E-state index < -0.39 is 10.0 Å². The molecule has 0 amide bonds. The van der Waals surface area contributed by atoms with Gasteiger partial charge in [-0.25, -0.2) is 13.4 Å².